The van der Waals surface area contributed by atoms with Crippen LogP contribution in [0.15, 0.2) is 71.7 Å². The number of benzene rings is 3. The number of aliphatic imine (C=N–C) groups is 1. The van der Waals surface area contributed by atoms with Gasteiger partial charge in [0.1, 0.15) is 0 Å². The minimum absolute atomic E-state index is 0.0300. The number of rotatable bonds is 5. The molecule has 162 valence electrons. The first-order valence-corrected chi connectivity index (χ1v) is 10.2. The third-order valence-corrected chi connectivity index (χ3v) is 5.42. The predicted octanol–water partition coefficient (Wildman–Crippen LogP) is 5.80. The Kier molecular flexibility index (Phi) is 5.46. The van der Waals surface area contributed by atoms with E-state index in [1.165, 1.54) is 12.1 Å². The van der Waals surface area contributed by atoms with E-state index in [1.807, 2.05) is 38.1 Å². The van der Waals surface area contributed by atoms with Crippen molar-refractivity contribution in [3.63, 3.8) is 0 Å². The van der Waals surface area contributed by atoms with Crippen molar-refractivity contribution in [2.45, 2.75) is 19.4 Å². The van der Waals surface area contributed by atoms with E-state index in [-0.39, 0.29) is 11.6 Å². The fourth-order valence-electron chi connectivity index (χ4n) is 3.50. The molecule has 4 N–H and O–H groups in total. The Hall–Kier alpha value is -3.68. The van der Waals surface area contributed by atoms with Gasteiger partial charge in [0.25, 0.3) is 5.69 Å². The molecule has 1 heterocycles. The van der Waals surface area contributed by atoms with Gasteiger partial charge in [0, 0.05) is 33.6 Å². The van der Waals surface area contributed by atoms with E-state index in [9.17, 15) is 15.2 Å². The fraction of sp³-hybridized carbons (Fsp3) is 0.125. The van der Waals surface area contributed by atoms with Crippen LogP contribution in [0.4, 0.5) is 11.4 Å². The van der Waals surface area contributed by atoms with E-state index in [0.29, 0.717) is 33.1 Å². The van der Waals surface area contributed by atoms with Crippen molar-refractivity contribution in [1.82, 2.24) is 4.98 Å². The second-order valence-electron chi connectivity index (χ2n) is 8.07. The van der Waals surface area contributed by atoms with Crippen molar-refractivity contribution in [2.24, 2.45) is 10.7 Å². The molecular weight excluding hydrogens is 428 g/mol. The molecule has 0 amide bonds. The minimum Gasteiger partial charge on any atom is -0.494 e. The highest BCUT2D eigenvalue weighted by atomic mass is 35.5. The molecule has 4 aromatic rings. The summed E-state index contributed by atoms with van der Waals surface area (Å²) in [5, 5.41) is 23.1. The number of nitro groups is 1. The molecule has 0 saturated heterocycles. The highest BCUT2D eigenvalue weighted by molar-refractivity contribution is 6.31. The summed E-state index contributed by atoms with van der Waals surface area (Å²) in [5.74, 6) is -0.0703. The Morgan fingerprint density at radius 3 is 2.34 bits per heavy atom. The van der Waals surface area contributed by atoms with E-state index in [1.54, 1.807) is 30.3 Å². The van der Waals surface area contributed by atoms with Crippen LogP contribution in [0.1, 0.15) is 30.5 Å². The second-order valence-corrected chi connectivity index (χ2v) is 8.51. The van der Waals surface area contributed by atoms with Crippen LogP contribution in [0.5, 0.6) is 5.88 Å². The zero-order chi connectivity index (χ0) is 23.0. The number of nitrogens with zero attached hydrogens (tertiary/aromatic N) is 2. The smallest absolute Gasteiger partial charge is 0.269 e. The van der Waals surface area contributed by atoms with Crippen LogP contribution in [-0.4, -0.2) is 20.7 Å². The number of nitrogens with two attached hydrogens (primary N) is 1. The molecule has 0 aliphatic heterocycles. The molecule has 0 radical (unpaired) electrons. The van der Waals surface area contributed by atoms with Gasteiger partial charge in [0.15, 0.2) is 5.88 Å². The van der Waals surface area contributed by atoms with Gasteiger partial charge in [0.2, 0.25) is 0 Å². The Balaban J connectivity index is 1.91. The molecule has 3 aromatic carbocycles. The zero-order valence-electron chi connectivity index (χ0n) is 17.5. The number of hydrogen-bond donors (Lipinski definition) is 3. The molecule has 0 unspecified atom stereocenters. The van der Waals surface area contributed by atoms with Gasteiger partial charge in [-0.2, -0.15) is 0 Å². The van der Waals surface area contributed by atoms with Crippen LogP contribution in [0.2, 0.25) is 5.02 Å². The summed E-state index contributed by atoms with van der Waals surface area (Å²) in [5.41, 5.74) is 9.47. The minimum atomic E-state index is -0.488. The molecular formula is C24H21ClN4O3. The monoisotopic (exact) mass is 448 g/mol. The average molecular weight is 449 g/mol. The maximum atomic E-state index is 11.1. The summed E-state index contributed by atoms with van der Waals surface area (Å²) in [4.78, 5) is 18.3. The second kappa shape index (κ2) is 8.11. The molecule has 0 fully saturated rings. The highest BCUT2D eigenvalue weighted by Crippen LogP contribution is 2.33. The lowest BCUT2D eigenvalue weighted by Gasteiger charge is -2.19. The van der Waals surface area contributed by atoms with Crippen molar-refractivity contribution in [3.05, 3.63) is 98.6 Å². The molecule has 4 rings (SSSR count). The van der Waals surface area contributed by atoms with Crippen LogP contribution >= 0.6 is 11.6 Å². The number of non-ortho nitro benzene ring substituents is 1. The quantitative estimate of drug-likeness (QED) is 0.203. The number of aromatic amines is 1. The summed E-state index contributed by atoms with van der Waals surface area (Å²) < 4.78 is 0. The van der Waals surface area contributed by atoms with Gasteiger partial charge in [-0.25, -0.2) is 4.99 Å². The number of nitro benzene ring substituents is 1. The van der Waals surface area contributed by atoms with Crippen molar-refractivity contribution in [2.75, 3.05) is 0 Å². The third kappa shape index (κ3) is 4.21. The van der Waals surface area contributed by atoms with Gasteiger partial charge in [-0.3, -0.25) is 10.1 Å². The Morgan fingerprint density at radius 1 is 1.09 bits per heavy atom. The average Bonchev–Trinajstić information content (AvgIpc) is 3.06. The lowest BCUT2D eigenvalue weighted by Crippen LogP contribution is -2.28. The van der Waals surface area contributed by atoms with Crippen LogP contribution < -0.4 is 5.73 Å². The van der Waals surface area contributed by atoms with Crippen LogP contribution in [-0.2, 0) is 5.54 Å². The first-order valence-electron chi connectivity index (χ1n) is 9.87. The van der Waals surface area contributed by atoms with Gasteiger partial charge in [-0.1, -0.05) is 29.8 Å². The normalized spacial score (nSPS) is 12.3. The molecule has 0 atom stereocenters. The number of hydrogen-bond acceptors (Lipinski definition) is 5. The van der Waals surface area contributed by atoms with Crippen molar-refractivity contribution in [1.29, 1.82) is 0 Å². The summed E-state index contributed by atoms with van der Waals surface area (Å²) in [7, 11) is 0. The molecule has 1 aromatic heterocycles. The molecule has 32 heavy (non-hydrogen) atoms. The first kappa shape index (κ1) is 21.5. The van der Waals surface area contributed by atoms with Gasteiger partial charge in [0.05, 0.1) is 27.4 Å². The van der Waals surface area contributed by atoms with Crippen LogP contribution in [0, 0.1) is 10.1 Å². The number of halogens is 1. The number of fused-ring (bicyclic) bond motifs is 1. The Labute approximate surface area is 189 Å². The predicted molar refractivity (Wildman–Crippen MR) is 127 cm³/mol. The number of H-pyrrole nitrogens is 1. The van der Waals surface area contributed by atoms with Crippen molar-refractivity contribution in [3.8, 4) is 5.88 Å². The van der Waals surface area contributed by atoms with Gasteiger partial charge in [-0.15, -0.1) is 0 Å². The molecule has 0 saturated carbocycles. The van der Waals surface area contributed by atoms with Crippen LogP contribution in [0.25, 0.3) is 10.9 Å². The SMILES string of the molecule is CC(C)(N)c1ccc(N=C(c2ccc([N+](=O)[O-])cc2)c2c(O)[nH]c3cc(Cl)ccc23)cc1. The molecule has 0 bridgehead atoms. The molecule has 8 heteroatoms. The Morgan fingerprint density at radius 2 is 1.75 bits per heavy atom. The molecule has 7 nitrogen and oxygen atoms in total. The van der Waals surface area contributed by atoms with E-state index >= 15 is 0 Å². The maximum Gasteiger partial charge on any atom is 0.269 e. The zero-order valence-corrected chi connectivity index (χ0v) is 18.2. The van der Waals surface area contributed by atoms with E-state index in [2.05, 4.69) is 4.98 Å². The molecule has 0 spiro atoms. The summed E-state index contributed by atoms with van der Waals surface area (Å²) in [6.45, 7) is 3.84. The maximum absolute atomic E-state index is 11.1. The van der Waals surface area contributed by atoms with Gasteiger partial charge < -0.3 is 15.8 Å². The molecule has 0 aliphatic rings. The standard InChI is InChI=1S/C24H21ClN4O3/c1-24(2,26)15-5-8-17(9-6-15)27-22(14-3-10-18(11-4-14)29(31)32)21-19-12-7-16(25)13-20(19)28-23(21)30/h3-13,28,30H,26H2,1-2H3. The third-order valence-electron chi connectivity index (χ3n) is 5.18. The number of aromatic hydroxyl groups is 1. The number of nitrogens with one attached hydrogen (secondary N) is 1. The summed E-state index contributed by atoms with van der Waals surface area (Å²) >= 11 is 6.10. The summed E-state index contributed by atoms with van der Waals surface area (Å²) in [6.07, 6.45) is 0. The summed E-state index contributed by atoms with van der Waals surface area (Å²) in [6, 6.07) is 18.8. The Bertz CT molecular complexity index is 1330. The fourth-order valence-corrected chi connectivity index (χ4v) is 3.67. The van der Waals surface area contributed by atoms with E-state index < -0.39 is 10.5 Å². The van der Waals surface area contributed by atoms with E-state index in [4.69, 9.17) is 22.3 Å². The lowest BCUT2D eigenvalue weighted by molar-refractivity contribution is -0.384. The highest BCUT2D eigenvalue weighted by Gasteiger charge is 2.20. The van der Waals surface area contributed by atoms with Gasteiger partial charge >= 0.3 is 0 Å². The largest absolute Gasteiger partial charge is 0.494 e. The van der Waals surface area contributed by atoms with E-state index in [0.717, 1.165) is 10.9 Å². The topological polar surface area (TPSA) is 118 Å². The van der Waals surface area contributed by atoms with Crippen molar-refractivity contribution >= 4 is 39.6 Å². The van der Waals surface area contributed by atoms with Crippen molar-refractivity contribution < 1.29 is 10.0 Å². The number of aromatic nitrogens is 1. The molecule has 0 aliphatic carbocycles. The van der Waals surface area contributed by atoms with Gasteiger partial charge in [-0.05, 0) is 55.8 Å². The van der Waals surface area contributed by atoms with Crippen LogP contribution in [0.3, 0.4) is 0 Å². The lowest BCUT2D eigenvalue weighted by atomic mass is 9.95. The first-order chi connectivity index (χ1) is 15.1.